The Balaban J connectivity index is 1.69. The Hall–Kier alpha value is -2.08. The third-order valence-corrected chi connectivity index (χ3v) is 4.83. The molecule has 2 aliphatic rings. The minimum absolute atomic E-state index is 0.0531. The number of ether oxygens (including phenoxy) is 1. The minimum Gasteiger partial charge on any atom is -0.465 e. The van der Waals surface area contributed by atoms with Crippen molar-refractivity contribution in [1.82, 2.24) is 15.1 Å². The van der Waals surface area contributed by atoms with Crippen molar-refractivity contribution >= 4 is 5.91 Å². The zero-order chi connectivity index (χ0) is 15.8. The molecule has 6 heteroatoms. The van der Waals surface area contributed by atoms with Crippen molar-refractivity contribution in [3.63, 3.8) is 0 Å². The SMILES string of the molecule is Cc1oc2c(c1C(=O)N1CCOC[C@H]1c1ccn[nH]1)CCCC2. The highest BCUT2D eigenvalue weighted by Gasteiger charge is 2.34. The smallest absolute Gasteiger partial charge is 0.258 e. The van der Waals surface area contributed by atoms with E-state index in [1.165, 1.54) is 0 Å². The van der Waals surface area contributed by atoms with E-state index in [9.17, 15) is 4.79 Å². The second-order valence-electron chi connectivity index (χ2n) is 6.24. The van der Waals surface area contributed by atoms with Crippen molar-refractivity contribution in [3.8, 4) is 0 Å². The van der Waals surface area contributed by atoms with Crippen LogP contribution in [0.2, 0.25) is 0 Å². The van der Waals surface area contributed by atoms with Gasteiger partial charge in [-0.1, -0.05) is 0 Å². The molecule has 0 aromatic carbocycles. The van der Waals surface area contributed by atoms with Crippen molar-refractivity contribution in [2.24, 2.45) is 0 Å². The molecule has 0 bridgehead atoms. The number of furan rings is 1. The molecule has 3 heterocycles. The number of H-pyrrole nitrogens is 1. The van der Waals surface area contributed by atoms with Gasteiger partial charge in [-0.15, -0.1) is 0 Å². The first-order valence-electron chi connectivity index (χ1n) is 8.25. The van der Waals surface area contributed by atoms with E-state index in [1.807, 2.05) is 17.9 Å². The Kier molecular flexibility index (Phi) is 3.69. The number of carbonyl (C=O) groups is 1. The quantitative estimate of drug-likeness (QED) is 0.924. The van der Waals surface area contributed by atoms with Gasteiger partial charge in [0.1, 0.15) is 11.5 Å². The van der Waals surface area contributed by atoms with Gasteiger partial charge in [0.25, 0.3) is 5.91 Å². The lowest BCUT2D eigenvalue weighted by atomic mass is 9.93. The molecule has 23 heavy (non-hydrogen) atoms. The normalized spacial score (nSPS) is 21.3. The van der Waals surface area contributed by atoms with E-state index in [0.29, 0.717) is 19.8 Å². The molecule has 1 fully saturated rings. The van der Waals surface area contributed by atoms with Gasteiger partial charge in [0.05, 0.1) is 30.5 Å². The number of aromatic amines is 1. The van der Waals surface area contributed by atoms with Gasteiger partial charge in [0.15, 0.2) is 0 Å². The molecule has 1 saturated heterocycles. The summed E-state index contributed by atoms with van der Waals surface area (Å²) >= 11 is 0. The Morgan fingerprint density at radius 3 is 3.09 bits per heavy atom. The molecule has 1 amide bonds. The number of nitrogens with one attached hydrogen (secondary N) is 1. The van der Waals surface area contributed by atoms with Crippen LogP contribution in [0.5, 0.6) is 0 Å². The van der Waals surface area contributed by atoms with Crippen molar-refractivity contribution in [3.05, 3.63) is 40.6 Å². The summed E-state index contributed by atoms with van der Waals surface area (Å²) in [5, 5.41) is 6.97. The van der Waals surface area contributed by atoms with E-state index < -0.39 is 0 Å². The number of nitrogens with zero attached hydrogens (tertiary/aromatic N) is 2. The lowest BCUT2D eigenvalue weighted by Crippen LogP contribution is -2.44. The van der Waals surface area contributed by atoms with Gasteiger partial charge in [-0.2, -0.15) is 5.10 Å². The number of carbonyl (C=O) groups excluding carboxylic acids is 1. The van der Waals surface area contributed by atoms with E-state index in [-0.39, 0.29) is 11.9 Å². The molecule has 0 saturated carbocycles. The lowest BCUT2D eigenvalue weighted by Gasteiger charge is -2.35. The van der Waals surface area contributed by atoms with Crippen LogP contribution in [0.3, 0.4) is 0 Å². The van der Waals surface area contributed by atoms with Crippen LogP contribution < -0.4 is 0 Å². The summed E-state index contributed by atoms with van der Waals surface area (Å²) in [5.41, 5.74) is 2.80. The van der Waals surface area contributed by atoms with Gasteiger partial charge in [-0.05, 0) is 32.3 Å². The van der Waals surface area contributed by atoms with Gasteiger partial charge in [-0.3, -0.25) is 9.89 Å². The zero-order valence-electron chi connectivity index (χ0n) is 13.3. The first-order chi connectivity index (χ1) is 11.3. The summed E-state index contributed by atoms with van der Waals surface area (Å²) in [5.74, 6) is 1.80. The maximum atomic E-state index is 13.2. The predicted molar refractivity (Wildman–Crippen MR) is 83.3 cm³/mol. The van der Waals surface area contributed by atoms with Gasteiger partial charge in [0.2, 0.25) is 0 Å². The van der Waals surface area contributed by atoms with Crippen LogP contribution in [0.25, 0.3) is 0 Å². The molecule has 1 aliphatic carbocycles. The summed E-state index contributed by atoms with van der Waals surface area (Å²) < 4.78 is 11.5. The molecule has 0 spiro atoms. The predicted octanol–water partition coefficient (Wildman–Crippen LogP) is 2.40. The topological polar surface area (TPSA) is 71.4 Å². The Bertz CT molecular complexity index is 705. The molecule has 122 valence electrons. The summed E-state index contributed by atoms with van der Waals surface area (Å²) in [7, 11) is 0. The summed E-state index contributed by atoms with van der Waals surface area (Å²) in [6.45, 7) is 3.54. The van der Waals surface area contributed by atoms with E-state index in [4.69, 9.17) is 9.15 Å². The lowest BCUT2D eigenvalue weighted by molar-refractivity contribution is -0.00405. The average Bonchev–Trinajstić information content (AvgIpc) is 3.21. The van der Waals surface area contributed by atoms with Crippen LogP contribution in [0, 0.1) is 6.92 Å². The van der Waals surface area contributed by atoms with Crippen LogP contribution >= 0.6 is 0 Å². The second-order valence-corrected chi connectivity index (χ2v) is 6.24. The van der Waals surface area contributed by atoms with Crippen molar-refractivity contribution in [1.29, 1.82) is 0 Å². The van der Waals surface area contributed by atoms with E-state index in [0.717, 1.165) is 54.0 Å². The zero-order valence-corrected chi connectivity index (χ0v) is 13.3. The number of rotatable bonds is 2. The van der Waals surface area contributed by atoms with Crippen molar-refractivity contribution in [2.45, 2.75) is 38.6 Å². The molecule has 1 N–H and O–H groups in total. The number of fused-ring (bicyclic) bond motifs is 1. The first-order valence-corrected chi connectivity index (χ1v) is 8.25. The van der Waals surface area contributed by atoms with Crippen molar-refractivity contribution < 1.29 is 13.9 Å². The van der Waals surface area contributed by atoms with Gasteiger partial charge in [0, 0.05) is 24.7 Å². The molecule has 0 unspecified atom stereocenters. The Morgan fingerprint density at radius 1 is 1.39 bits per heavy atom. The Labute approximate surface area is 134 Å². The second kappa shape index (κ2) is 5.85. The molecule has 4 rings (SSSR count). The van der Waals surface area contributed by atoms with E-state index in [2.05, 4.69) is 10.2 Å². The highest BCUT2D eigenvalue weighted by molar-refractivity contribution is 5.97. The molecule has 0 radical (unpaired) electrons. The monoisotopic (exact) mass is 315 g/mol. The number of hydrogen-bond acceptors (Lipinski definition) is 4. The molecule has 1 aliphatic heterocycles. The summed E-state index contributed by atoms with van der Waals surface area (Å²) in [6, 6.07) is 1.78. The molecular weight excluding hydrogens is 294 g/mol. The standard InChI is InChI=1S/C17H21N3O3/c1-11-16(12-4-2-3-5-15(12)23-11)17(21)20-8-9-22-10-14(20)13-6-7-18-19-13/h6-7,14H,2-5,8-10H2,1H3,(H,18,19)/t14-/m0/s1. The molecule has 1 atom stereocenters. The number of hydrogen-bond donors (Lipinski definition) is 1. The van der Waals surface area contributed by atoms with E-state index in [1.54, 1.807) is 6.20 Å². The largest absolute Gasteiger partial charge is 0.465 e. The van der Waals surface area contributed by atoms with E-state index >= 15 is 0 Å². The highest BCUT2D eigenvalue weighted by atomic mass is 16.5. The molecule has 2 aromatic heterocycles. The maximum Gasteiger partial charge on any atom is 0.258 e. The fourth-order valence-corrected chi connectivity index (χ4v) is 3.68. The number of aromatic nitrogens is 2. The van der Waals surface area contributed by atoms with Crippen LogP contribution in [0.4, 0.5) is 0 Å². The average molecular weight is 315 g/mol. The number of morpholine rings is 1. The third kappa shape index (κ3) is 2.47. The highest BCUT2D eigenvalue weighted by Crippen LogP contribution is 2.33. The number of aryl methyl sites for hydroxylation is 2. The summed E-state index contributed by atoms with van der Waals surface area (Å²) in [4.78, 5) is 15.1. The van der Waals surface area contributed by atoms with Crippen molar-refractivity contribution in [2.75, 3.05) is 19.8 Å². The molecular formula is C17H21N3O3. The number of amides is 1. The molecule has 2 aromatic rings. The maximum absolute atomic E-state index is 13.2. The molecule has 6 nitrogen and oxygen atoms in total. The van der Waals surface area contributed by atoms with Crippen LogP contribution in [-0.4, -0.2) is 40.8 Å². The first kappa shape index (κ1) is 14.5. The van der Waals surface area contributed by atoms with Crippen LogP contribution in [0.1, 0.15) is 52.0 Å². The Morgan fingerprint density at radius 2 is 2.26 bits per heavy atom. The summed E-state index contributed by atoms with van der Waals surface area (Å²) in [6.07, 6.45) is 5.85. The van der Waals surface area contributed by atoms with Gasteiger partial charge >= 0.3 is 0 Å². The van der Waals surface area contributed by atoms with Crippen LogP contribution in [-0.2, 0) is 17.6 Å². The fourth-order valence-electron chi connectivity index (χ4n) is 3.68. The fraction of sp³-hybridized carbons (Fsp3) is 0.529. The van der Waals surface area contributed by atoms with Gasteiger partial charge < -0.3 is 14.1 Å². The third-order valence-electron chi connectivity index (χ3n) is 4.83. The minimum atomic E-state index is -0.118. The van der Waals surface area contributed by atoms with Crippen LogP contribution in [0.15, 0.2) is 16.7 Å². The van der Waals surface area contributed by atoms with Gasteiger partial charge in [-0.25, -0.2) is 0 Å².